The molecule has 0 aliphatic heterocycles. The number of hydrogen-bond donors (Lipinski definition) is 2. The number of rotatable bonds is 1. The van der Waals surface area contributed by atoms with Crippen LogP contribution in [0.1, 0.15) is 6.92 Å². The second-order valence-electron chi connectivity index (χ2n) is 1.49. The molecule has 1 aromatic rings. The molecule has 4 nitrogen and oxygen atoms in total. The van der Waals surface area contributed by atoms with Crippen LogP contribution in [0, 0.1) is 0 Å². The monoisotopic (exact) mass is 261 g/mol. The molecule has 1 rings (SSSR count). The fraction of sp³-hybridized carbons (Fsp3) is 0.400. The maximum atomic E-state index is 4.64. The maximum Gasteiger partial charge on any atom is 1.00 e. The molecule has 13 heavy (non-hydrogen) atoms. The maximum absolute atomic E-state index is 4.64. The van der Waals surface area contributed by atoms with Crippen molar-refractivity contribution in [3.05, 3.63) is 6.33 Å². The molecule has 0 aliphatic rings. The molecule has 1 N–H and O–H groups in total. The molecule has 0 fully saturated rings. The van der Waals surface area contributed by atoms with Gasteiger partial charge in [-0.15, -0.1) is 0 Å². The number of H-pyrrole nitrogens is 1. The third-order valence-electron chi connectivity index (χ3n) is 0.661. The molecular formula is C5H8KN3OS3. The van der Waals surface area contributed by atoms with E-state index in [-0.39, 0.29) is 51.4 Å². The summed E-state index contributed by atoms with van der Waals surface area (Å²) in [6.07, 6.45) is 1.38. The topological polar surface area (TPSA) is 50.8 Å². The minimum Gasteiger partial charge on any atom is -0.741 e. The normalized spacial score (nSPS) is 7.54. The van der Waals surface area contributed by atoms with Gasteiger partial charge >= 0.3 is 51.4 Å². The number of thiocarbonyl (C=S) groups is 1. The number of nitrogens with zero attached hydrogens (tertiary/aromatic N) is 2. The van der Waals surface area contributed by atoms with Crippen LogP contribution in [0.25, 0.3) is 0 Å². The SMILES string of the molecule is CCOC(=S)S.[K+].[S-]c1ncn[nH]1. The van der Waals surface area contributed by atoms with Gasteiger partial charge in [-0.05, 0) is 19.1 Å². The number of thiol groups is 1. The Morgan fingerprint density at radius 2 is 2.46 bits per heavy atom. The molecule has 0 saturated carbocycles. The van der Waals surface area contributed by atoms with Crippen molar-refractivity contribution in [2.45, 2.75) is 12.1 Å². The van der Waals surface area contributed by atoms with Gasteiger partial charge in [-0.1, -0.05) is 12.6 Å². The molecule has 0 unspecified atom stereocenters. The zero-order valence-corrected chi connectivity index (χ0v) is 13.0. The van der Waals surface area contributed by atoms with E-state index in [0.29, 0.717) is 16.1 Å². The second kappa shape index (κ2) is 11.3. The van der Waals surface area contributed by atoms with Crippen molar-refractivity contribution < 1.29 is 56.1 Å². The summed E-state index contributed by atoms with van der Waals surface area (Å²) in [6, 6.07) is 0. The first-order valence-corrected chi connectivity index (χ1v) is 4.31. The molecule has 1 aromatic heterocycles. The van der Waals surface area contributed by atoms with Crippen molar-refractivity contribution in [2.75, 3.05) is 6.61 Å². The fourth-order valence-electron chi connectivity index (χ4n) is 0.318. The van der Waals surface area contributed by atoms with E-state index in [1.54, 1.807) is 0 Å². The summed E-state index contributed by atoms with van der Waals surface area (Å²) >= 11 is 12.6. The van der Waals surface area contributed by atoms with E-state index in [2.05, 4.69) is 57.4 Å². The van der Waals surface area contributed by atoms with Crippen LogP contribution in [0.2, 0.25) is 0 Å². The van der Waals surface area contributed by atoms with E-state index in [1.165, 1.54) is 6.33 Å². The third kappa shape index (κ3) is 13.2. The van der Waals surface area contributed by atoms with Crippen LogP contribution >= 0.6 is 24.8 Å². The second-order valence-corrected chi connectivity index (χ2v) is 2.96. The summed E-state index contributed by atoms with van der Waals surface area (Å²) in [6.45, 7) is 2.48. The van der Waals surface area contributed by atoms with Gasteiger partial charge in [0, 0.05) is 5.16 Å². The van der Waals surface area contributed by atoms with Gasteiger partial charge in [0.25, 0.3) is 0 Å². The van der Waals surface area contributed by atoms with Crippen molar-refractivity contribution in [3.8, 4) is 0 Å². The zero-order chi connectivity index (χ0) is 9.40. The van der Waals surface area contributed by atoms with Gasteiger partial charge in [0.15, 0.2) is 0 Å². The molecule has 0 bridgehead atoms. The Hall–Kier alpha value is 1.24. The Morgan fingerprint density at radius 1 is 1.85 bits per heavy atom. The van der Waals surface area contributed by atoms with Crippen LogP contribution in [0.4, 0.5) is 0 Å². The van der Waals surface area contributed by atoms with Crippen LogP contribution < -0.4 is 51.4 Å². The van der Waals surface area contributed by atoms with Crippen molar-refractivity contribution in [3.63, 3.8) is 0 Å². The van der Waals surface area contributed by atoms with E-state index < -0.39 is 0 Å². The van der Waals surface area contributed by atoms with Crippen LogP contribution in [0.3, 0.4) is 0 Å². The van der Waals surface area contributed by atoms with Gasteiger partial charge in [0.1, 0.15) is 6.33 Å². The summed E-state index contributed by atoms with van der Waals surface area (Å²) in [4.78, 5) is 3.56. The van der Waals surface area contributed by atoms with Crippen LogP contribution in [-0.4, -0.2) is 26.2 Å². The molecule has 0 radical (unpaired) electrons. The number of aromatic nitrogens is 3. The Labute approximate surface area is 136 Å². The summed E-state index contributed by atoms with van der Waals surface area (Å²) in [7, 11) is 0. The van der Waals surface area contributed by atoms with Crippen LogP contribution in [0.15, 0.2) is 11.5 Å². The largest absolute Gasteiger partial charge is 1.00 e. The van der Waals surface area contributed by atoms with Crippen LogP contribution in [-0.2, 0) is 17.4 Å². The average molecular weight is 261 g/mol. The number of ether oxygens (including phenoxy) is 1. The molecule has 0 aromatic carbocycles. The molecule has 68 valence electrons. The van der Waals surface area contributed by atoms with Gasteiger partial charge in [0.2, 0.25) is 4.38 Å². The van der Waals surface area contributed by atoms with Gasteiger partial charge < -0.3 is 17.4 Å². The quantitative estimate of drug-likeness (QED) is 0.264. The van der Waals surface area contributed by atoms with E-state index in [1.807, 2.05) is 6.92 Å². The minimum atomic E-state index is 0. The van der Waals surface area contributed by atoms with Crippen molar-refractivity contribution in [1.82, 2.24) is 15.2 Å². The Kier molecular flexibility index (Phi) is 14.5. The van der Waals surface area contributed by atoms with Crippen molar-refractivity contribution in [1.29, 1.82) is 0 Å². The first kappa shape index (κ1) is 16.7. The summed E-state index contributed by atoms with van der Waals surface area (Å²) < 4.78 is 4.95. The van der Waals surface area contributed by atoms with Gasteiger partial charge in [-0.2, -0.15) is 5.10 Å². The Balaban J connectivity index is 0. The van der Waals surface area contributed by atoms with E-state index in [0.717, 1.165) is 0 Å². The Bertz CT molecular complexity index is 219. The summed E-state index contributed by atoms with van der Waals surface area (Å²) in [5.74, 6) is 0. The number of nitrogens with one attached hydrogen (secondary N) is 1. The van der Waals surface area contributed by atoms with Crippen LogP contribution in [0.5, 0.6) is 0 Å². The average Bonchev–Trinajstić information content (AvgIpc) is 2.40. The third-order valence-corrected chi connectivity index (χ3v) is 1.10. The Morgan fingerprint density at radius 3 is 2.54 bits per heavy atom. The predicted molar refractivity (Wildman–Crippen MR) is 55.2 cm³/mol. The molecule has 0 amide bonds. The molecule has 8 heteroatoms. The number of aromatic amines is 1. The van der Waals surface area contributed by atoms with Gasteiger partial charge in [-0.3, -0.25) is 5.10 Å². The standard InChI is InChI=1S/C3H6OS2.C2H3N3S.K/c1-2-4-3(5)6;6-2-3-1-4-5-2;/h2H2,1H3,(H,5,6);1H,(H2,3,4,5,6);/q;;+1/p-1. The first-order valence-electron chi connectivity index (χ1n) is 3.05. The summed E-state index contributed by atoms with van der Waals surface area (Å²) in [5, 5.41) is 6.38. The minimum absolute atomic E-state index is 0. The fourth-order valence-corrected chi connectivity index (χ4v) is 0.665. The van der Waals surface area contributed by atoms with E-state index >= 15 is 0 Å². The van der Waals surface area contributed by atoms with Crippen molar-refractivity contribution in [2.24, 2.45) is 0 Å². The van der Waals surface area contributed by atoms with Gasteiger partial charge in [0.05, 0.1) is 6.61 Å². The van der Waals surface area contributed by atoms with Gasteiger partial charge in [-0.25, -0.2) is 4.98 Å². The predicted octanol–water partition coefficient (Wildman–Crippen LogP) is -2.05. The summed E-state index contributed by atoms with van der Waals surface area (Å²) in [5.41, 5.74) is 0. The van der Waals surface area contributed by atoms with E-state index in [4.69, 9.17) is 0 Å². The molecule has 1 heterocycles. The zero-order valence-electron chi connectivity index (χ0n) is 7.35. The molecule has 0 aliphatic carbocycles. The van der Waals surface area contributed by atoms with E-state index in [9.17, 15) is 0 Å². The number of hydrogen-bond acceptors (Lipinski definition) is 5. The molecular weight excluding hydrogens is 253 g/mol. The van der Waals surface area contributed by atoms with Crippen molar-refractivity contribution >= 4 is 41.9 Å². The molecule has 0 saturated heterocycles. The smallest absolute Gasteiger partial charge is 0.741 e. The molecule has 0 atom stereocenters. The molecule has 0 spiro atoms. The first-order chi connectivity index (χ1) is 5.66.